The van der Waals surface area contributed by atoms with Gasteiger partial charge in [-0.15, -0.1) is 0 Å². The maximum atomic E-state index is 5.56. The van der Waals surface area contributed by atoms with Crippen LogP contribution in [0.5, 0.6) is 0 Å². The lowest BCUT2D eigenvalue weighted by Crippen LogP contribution is -2.48. The standard InChI is InChI=1S/C14H24N2O/c1-11-8-13(12(2)16(11)4)9-15-14(3)6-5-7-17-10-14/h8,15H,5-7,9-10H2,1-4H3. The molecule has 0 amide bonds. The van der Waals surface area contributed by atoms with E-state index in [1.54, 1.807) is 0 Å². The quantitative estimate of drug-likeness (QED) is 0.871. The van der Waals surface area contributed by atoms with Gasteiger partial charge in [0.2, 0.25) is 0 Å². The molecule has 1 atom stereocenters. The molecule has 2 rings (SSSR count). The summed E-state index contributed by atoms with van der Waals surface area (Å²) < 4.78 is 7.81. The van der Waals surface area contributed by atoms with Gasteiger partial charge in [-0.2, -0.15) is 0 Å². The molecule has 0 saturated carbocycles. The minimum absolute atomic E-state index is 0.147. The fourth-order valence-electron chi connectivity index (χ4n) is 2.49. The van der Waals surface area contributed by atoms with Gasteiger partial charge in [-0.3, -0.25) is 0 Å². The van der Waals surface area contributed by atoms with Gasteiger partial charge < -0.3 is 14.6 Å². The van der Waals surface area contributed by atoms with Gasteiger partial charge >= 0.3 is 0 Å². The van der Waals surface area contributed by atoms with Crippen molar-refractivity contribution in [3.05, 3.63) is 23.0 Å². The molecule has 3 heteroatoms. The molecule has 1 aliphatic heterocycles. The Morgan fingerprint density at radius 3 is 2.76 bits per heavy atom. The minimum Gasteiger partial charge on any atom is -0.380 e. The molecule has 3 nitrogen and oxygen atoms in total. The number of nitrogens with zero attached hydrogens (tertiary/aromatic N) is 1. The predicted molar refractivity (Wildman–Crippen MR) is 70.2 cm³/mol. The van der Waals surface area contributed by atoms with E-state index in [9.17, 15) is 0 Å². The molecular formula is C14H24N2O. The third kappa shape index (κ3) is 2.72. The van der Waals surface area contributed by atoms with Crippen molar-refractivity contribution in [1.82, 2.24) is 9.88 Å². The van der Waals surface area contributed by atoms with Gasteiger partial charge in [0.25, 0.3) is 0 Å². The monoisotopic (exact) mass is 236 g/mol. The zero-order chi connectivity index (χ0) is 12.5. The van der Waals surface area contributed by atoms with Crippen LogP contribution in [0.2, 0.25) is 0 Å². The van der Waals surface area contributed by atoms with Crippen molar-refractivity contribution < 1.29 is 4.74 Å². The maximum absolute atomic E-state index is 5.56. The van der Waals surface area contributed by atoms with Crippen LogP contribution in [0.1, 0.15) is 36.7 Å². The summed E-state index contributed by atoms with van der Waals surface area (Å²) in [6.45, 7) is 9.29. The largest absolute Gasteiger partial charge is 0.380 e. The number of nitrogens with one attached hydrogen (secondary N) is 1. The number of aromatic nitrogens is 1. The van der Waals surface area contributed by atoms with E-state index < -0.39 is 0 Å². The molecule has 1 fully saturated rings. The average Bonchev–Trinajstić information content (AvgIpc) is 2.55. The average molecular weight is 236 g/mol. The van der Waals surface area contributed by atoms with E-state index in [0.29, 0.717) is 0 Å². The van der Waals surface area contributed by atoms with Crippen LogP contribution in [0.25, 0.3) is 0 Å². The van der Waals surface area contributed by atoms with E-state index in [-0.39, 0.29) is 5.54 Å². The normalized spacial score (nSPS) is 25.2. The molecule has 1 aromatic heterocycles. The smallest absolute Gasteiger partial charge is 0.0645 e. The van der Waals surface area contributed by atoms with Crippen LogP contribution in [0.4, 0.5) is 0 Å². The Morgan fingerprint density at radius 2 is 2.24 bits per heavy atom. The lowest BCUT2D eigenvalue weighted by atomic mass is 9.94. The second kappa shape index (κ2) is 4.83. The minimum atomic E-state index is 0.147. The molecule has 17 heavy (non-hydrogen) atoms. The van der Waals surface area contributed by atoms with Crippen LogP contribution in [-0.4, -0.2) is 23.3 Å². The summed E-state index contributed by atoms with van der Waals surface area (Å²) >= 11 is 0. The lowest BCUT2D eigenvalue weighted by Gasteiger charge is -2.34. The van der Waals surface area contributed by atoms with Gasteiger partial charge in [0.05, 0.1) is 6.61 Å². The zero-order valence-electron chi connectivity index (χ0n) is 11.5. The molecule has 0 radical (unpaired) electrons. The fourth-order valence-corrected chi connectivity index (χ4v) is 2.49. The molecule has 1 N–H and O–H groups in total. The molecule has 1 saturated heterocycles. The van der Waals surface area contributed by atoms with Gasteiger partial charge in [0.1, 0.15) is 0 Å². The Bertz CT molecular complexity index is 389. The first-order valence-corrected chi connectivity index (χ1v) is 6.46. The van der Waals surface area contributed by atoms with Gasteiger partial charge in [-0.25, -0.2) is 0 Å². The van der Waals surface area contributed by atoms with Crippen molar-refractivity contribution in [2.75, 3.05) is 13.2 Å². The zero-order valence-corrected chi connectivity index (χ0v) is 11.5. The molecule has 2 heterocycles. The van der Waals surface area contributed by atoms with Gasteiger partial charge in [-0.05, 0) is 45.2 Å². The van der Waals surface area contributed by atoms with Crippen LogP contribution >= 0.6 is 0 Å². The SMILES string of the molecule is Cc1cc(CNC2(C)CCCOC2)c(C)n1C. The van der Waals surface area contributed by atoms with E-state index in [1.807, 2.05) is 0 Å². The third-order valence-electron chi connectivity index (χ3n) is 4.02. The summed E-state index contributed by atoms with van der Waals surface area (Å²) in [5, 5.41) is 3.66. The molecular weight excluding hydrogens is 212 g/mol. The van der Waals surface area contributed by atoms with Crippen molar-refractivity contribution in [3.63, 3.8) is 0 Å². The summed E-state index contributed by atoms with van der Waals surface area (Å²) in [4.78, 5) is 0. The number of hydrogen-bond donors (Lipinski definition) is 1. The van der Waals surface area contributed by atoms with Crippen LogP contribution < -0.4 is 5.32 Å². The Balaban J connectivity index is 1.99. The molecule has 1 aromatic rings. The Labute approximate surface area is 104 Å². The van der Waals surface area contributed by atoms with E-state index >= 15 is 0 Å². The van der Waals surface area contributed by atoms with Crippen LogP contribution in [0.3, 0.4) is 0 Å². The summed E-state index contributed by atoms with van der Waals surface area (Å²) in [5.74, 6) is 0. The fraction of sp³-hybridized carbons (Fsp3) is 0.714. The summed E-state index contributed by atoms with van der Waals surface area (Å²) in [6, 6.07) is 2.27. The summed E-state index contributed by atoms with van der Waals surface area (Å²) in [7, 11) is 2.12. The molecule has 0 aliphatic carbocycles. The molecule has 96 valence electrons. The van der Waals surface area contributed by atoms with Crippen molar-refractivity contribution in [3.8, 4) is 0 Å². The molecule has 1 unspecified atom stereocenters. The van der Waals surface area contributed by atoms with Crippen LogP contribution in [0.15, 0.2) is 6.07 Å². The van der Waals surface area contributed by atoms with Gasteiger partial charge in [0.15, 0.2) is 0 Å². The Kier molecular flexibility index (Phi) is 3.59. The number of rotatable bonds is 3. The van der Waals surface area contributed by atoms with E-state index in [4.69, 9.17) is 4.74 Å². The highest BCUT2D eigenvalue weighted by molar-refractivity contribution is 5.26. The van der Waals surface area contributed by atoms with Crippen LogP contribution in [0, 0.1) is 13.8 Å². The molecule has 0 aromatic carbocycles. The third-order valence-corrected chi connectivity index (χ3v) is 4.02. The van der Waals surface area contributed by atoms with E-state index in [2.05, 4.69) is 43.8 Å². The Morgan fingerprint density at radius 1 is 1.47 bits per heavy atom. The van der Waals surface area contributed by atoms with Crippen molar-refractivity contribution >= 4 is 0 Å². The topological polar surface area (TPSA) is 26.2 Å². The van der Waals surface area contributed by atoms with Gasteiger partial charge in [-0.1, -0.05) is 0 Å². The molecule has 0 bridgehead atoms. The highest BCUT2D eigenvalue weighted by Crippen LogP contribution is 2.20. The first-order chi connectivity index (χ1) is 8.02. The highest BCUT2D eigenvalue weighted by Gasteiger charge is 2.27. The summed E-state index contributed by atoms with van der Waals surface area (Å²) in [5.41, 5.74) is 4.23. The van der Waals surface area contributed by atoms with E-state index in [0.717, 1.165) is 26.2 Å². The van der Waals surface area contributed by atoms with Gasteiger partial charge in [0, 0.05) is 37.1 Å². The first kappa shape index (κ1) is 12.7. The Hall–Kier alpha value is -0.800. The van der Waals surface area contributed by atoms with Crippen LogP contribution in [-0.2, 0) is 18.3 Å². The summed E-state index contributed by atoms with van der Waals surface area (Å²) in [6.07, 6.45) is 2.37. The van der Waals surface area contributed by atoms with Crippen molar-refractivity contribution in [2.45, 2.75) is 45.7 Å². The molecule has 1 aliphatic rings. The first-order valence-electron chi connectivity index (χ1n) is 6.46. The highest BCUT2D eigenvalue weighted by atomic mass is 16.5. The lowest BCUT2D eigenvalue weighted by molar-refractivity contribution is 0.0277. The number of hydrogen-bond acceptors (Lipinski definition) is 2. The second-order valence-corrected chi connectivity index (χ2v) is 5.53. The number of aryl methyl sites for hydroxylation is 1. The maximum Gasteiger partial charge on any atom is 0.0645 e. The predicted octanol–water partition coefficient (Wildman–Crippen LogP) is 2.30. The second-order valence-electron chi connectivity index (χ2n) is 5.53. The molecule has 0 spiro atoms. The van der Waals surface area contributed by atoms with E-state index in [1.165, 1.54) is 23.4 Å². The number of ether oxygens (including phenoxy) is 1. The van der Waals surface area contributed by atoms with Crippen molar-refractivity contribution in [2.24, 2.45) is 7.05 Å². The van der Waals surface area contributed by atoms with Crippen molar-refractivity contribution in [1.29, 1.82) is 0 Å².